The van der Waals surface area contributed by atoms with Crippen molar-refractivity contribution in [2.24, 2.45) is 0 Å². The summed E-state index contributed by atoms with van der Waals surface area (Å²) in [6.07, 6.45) is 6.80. The molecule has 0 radical (unpaired) electrons. The highest BCUT2D eigenvalue weighted by Crippen LogP contribution is 2.33. The smallest absolute Gasteiger partial charge is 0.0674 e. The minimum atomic E-state index is 0.507. The number of nitrogens with zero attached hydrogens (tertiary/aromatic N) is 3. The molecule has 94 valence electrons. The molecule has 1 aliphatic carbocycles. The maximum absolute atomic E-state index is 8.71. The van der Waals surface area contributed by atoms with Crippen LogP contribution in [0.15, 0.2) is 36.5 Å². The van der Waals surface area contributed by atoms with Crippen molar-refractivity contribution in [2.45, 2.75) is 25.8 Å². The molecule has 1 heterocycles. The molecule has 0 fully saturated rings. The lowest BCUT2D eigenvalue weighted by atomic mass is 10.1. The van der Waals surface area contributed by atoms with Crippen LogP contribution in [-0.2, 0) is 13.0 Å². The maximum Gasteiger partial charge on any atom is 0.0674 e. The third kappa shape index (κ3) is 2.30. The van der Waals surface area contributed by atoms with Gasteiger partial charge in [0.25, 0.3) is 0 Å². The van der Waals surface area contributed by atoms with Gasteiger partial charge < -0.3 is 0 Å². The molecular weight excluding hydrogens is 234 g/mol. The number of hydrogen-bond donors (Lipinski definition) is 0. The minimum absolute atomic E-state index is 0.507. The fourth-order valence-electron chi connectivity index (χ4n) is 2.58. The lowest BCUT2D eigenvalue weighted by molar-refractivity contribution is 0.620. The van der Waals surface area contributed by atoms with Crippen molar-refractivity contribution in [1.82, 2.24) is 9.78 Å². The largest absolute Gasteiger partial charge is 0.264 e. The van der Waals surface area contributed by atoms with Crippen molar-refractivity contribution in [3.63, 3.8) is 0 Å². The van der Waals surface area contributed by atoms with E-state index in [0.717, 1.165) is 12.8 Å². The van der Waals surface area contributed by atoms with Gasteiger partial charge in [-0.15, -0.1) is 0 Å². The molecule has 1 aromatic heterocycles. The Bertz CT molecular complexity index is 644. The van der Waals surface area contributed by atoms with Gasteiger partial charge in [0.2, 0.25) is 0 Å². The standard InChI is InChI=1S/C16H15N3/c17-9-4-10-19-16-14(7-8-15(16)12-18-19)11-13-5-2-1-3-6-13/h1-3,5-6,11-12H,4,7-8,10H2/b14-11+. The number of fused-ring (bicyclic) bond motifs is 1. The molecule has 19 heavy (non-hydrogen) atoms. The molecule has 0 amide bonds. The molecule has 2 aromatic rings. The number of allylic oxidation sites excluding steroid dienone is 1. The van der Waals surface area contributed by atoms with Crippen LogP contribution in [0.2, 0.25) is 0 Å². The van der Waals surface area contributed by atoms with E-state index in [1.54, 1.807) is 0 Å². The van der Waals surface area contributed by atoms with Gasteiger partial charge in [-0.2, -0.15) is 10.4 Å². The summed E-state index contributed by atoms with van der Waals surface area (Å²) >= 11 is 0. The molecule has 0 N–H and O–H groups in total. The van der Waals surface area contributed by atoms with Gasteiger partial charge in [0, 0.05) is 0 Å². The summed E-state index contributed by atoms with van der Waals surface area (Å²) in [5.74, 6) is 0. The topological polar surface area (TPSA) is 41.6 Å². The van der Waals surface area contributed by atoms with Crippen LogP contribution in [0.25, 0.3) is 11.6 Å². The minimum Gasteiger partial charge on any atom is -0.264 e. The fraction of sp³-hybridized carbons (Fsp3) is 0.250. The molecule has 3 nitrogen and oxygen atoms in total. The summed E-state index contributed by atoms with van der Waals surface area (Å²) in [6.45, 7) is 0.679. The van der Waals surface area contributed by atoms with Crippen LogP contribution >= 0.6 is 0 Å². The maximum atomic E-state index is 8.71. The highest BCUT2D eigenvalue weighted by molar-refractivity contribution is 5.83. The molecule has 1 aromatic carbocycles. The Morgan fingerprint density at radius 3 is 2.89 bits per heavy atom. The second-order valence-corrected chi connectivity index (χ2v) is 4.73. The quantitative estimate of drug-likeness (QED) is 0.837. The first-order chi connectivity index (χ1) is 9.38. The van der Waals surface area contributed by atoms with E-state index in [1.165, 1.54) is 22.4 Å². The second-order valence-electron chi connectivity index (χ2n) is 4.73. The Labute approximate surface area is 112 Å². The number of rotatable bonds is 3. The van der Waals surface area contributed by atoms with Crippen LogP contribution in [0.4, 0.5) is 0 Å². The van der Waals surface area contributed by atoms with Gasteiger partial charge in [0.05, 0.1) is 30.9 Å². The molecule has 0 bridgehead atoms. The van der Waals surface area contributed by atoms with Crippen LogP contribution in [-0.4, -0.2) is 9.78 Å². The average molecular weight is 249 g/mol. The SMILES string of the molecule is N#CCCn1ncc2c1/C(=C/c1ccccc1)CC2. The molecule has 0 spiro atoms. The van der Waals surface area contributed by atoms with Crippen LogP contribution < -0.4 is 0 Å². The first kappa shape index (κ1) is 11.7. The van der Waals surface area contributed by atoms with Crippen molar-refractivity contribution < 1.29 is 0 Å². The molecule has 0 atom stereocenters. The van der Waals surface area contributed by atoms with Gasteiger partial charge in [0.15, 0.2) is 0 Å². The van der Waals surface area contributed by atoms with Crippen LogP contribution in [0.1, 0.15) is 29.7 Å². The van der Waals surface area contributed by atoms with Gasteiger partial charge in [-0.3, -0.25) is 4.68 Å². The van der Waals surface area contributed by atoms with E-state index in [0.29, 0.717) is 13.0 Å². The van der Waals surface area contributed by atoms with Gasteiger partial charge >= 0.3 is 0 Å². The zero-order chi connectivity index (χ0) is 13.1. The van der Waals surface area contributed by atoms with Crippen LogP contribution in [0.3, 0.4) is 0 Å². The van der Waals surface area contributed by atoms with Crippen LogP contribution in [0.5, 0.6) is 0 Å². The molecule has 1 aliphatic rings. The monoisotopic (exact) mass is 249 g/mol. The molecular formula is C16H15N3. The predicted octanol–water partition coefficient (Wildman–Crippen LogP) is 3.28. The Kier molecular flexibility index (Phi) is 3.16. The van der Waals surface area contributed by atoms with Gasteiger partial charge in [-0.25, -0.2) is 0 Å². The summed E-state index contributed by atoms with van der Waals surface area (Å²) < 4.78 is 1.97. The van der Waals surface area contributed by atoms with Crippen molar-refractivity contribution in [2.75, 3.05) is 0 Å². The average Bonchev–Trinajstić information content (AvgIpc) is 3.01. The highest BCUT2D eigenvalue weighted by Gasteiger charge is 2.21. The summed E-state index contributed by atoms with van der Waals surface area (Å²) in [6, 6.07) is 12.5. The van der Waals surface area contributed by atoms with E-state index in [-0.39, 0.29) is 0 Å². The predicted molar refractivity (Wildman–Crippen MR) is 75.1 cm³/mol. The second kappa shape index (κ2) is 5.11. The van der Waals surface area contributed by atoms with E-state index in [4.69, 9.17) is 5.26 Å². The number of aryl methyl sites for hydroxylation is 2. The highest BCUT2D eigenvalue weighted by atomic mass is 15.3. The third-order valence-electron chi connectivity index (χ3n) is 3.46. The van der Waals surface area contributed by atoms with E-state index in [9.17, 15) is 0 Å². The normalized spacial score (nSPS) is 15.4. The first-order valence-corrected chi connectivity index (χ1v) is 6.56. The fourth-order valence-corrected chi connectivity index (χ4v) is 2.58. The number of hydrogen-bond acceptors (Lipinski definition) is 2. The van der Waals surface area contributed by atoms with Gasteiger partial charge in [-0.1, -0.05) is 30.3 Å². The summed E-state index contributed by atoms with van der Waals surface area (Å²) in [5, 5.41) is 13.1. The van der Waals surface area contributed by atoms with Crippen molar-refractivity contribution in [1.29, 1.82) is 5.26 Å². The zero-order valence-corrected chi connectivity index (χ0v) is 10.7. The lowest BCUT2D eigenvalue weighted by Crippen LogP contribution is -2.03. The lowest BCUT2D eigenvalue weighted by Gasteiger charge is -2.05. The van der Waals surface area contributed by atoms with Gasteiger partial charge in [-0.05, 0) is 35.6 Å². The molecule has 0 unspecified atom stereocenters. The third-order valence-corrected chi connectivity index (χ3v) is 3.46. The molecule has 0 saturated carbocycles. The number of nitriles is 1. The van der Waals surface area contributed by atoms with E-state index in [2.05, 4.69) is 41.5 Å². The summed E-state index contributed by atoms with van der Waals surface area (Å²) in [5.41, 5.74) is 5.08. The number of benzene rings is 1. The van der Waals surface area contributed by atoms with E-state index < -0.39 is 0 Å². The van der Waals surface area contributed by atoms with Crippen molar-refractivity contribution >= 4 is 11.6 Å². The van der Waals surface area contributed by atoms with Crippen LogP contribution in [0, 0.1) is 11.3 Å². The zero-order valence-electron chi connectivity index (χ0n) is 10.7. The van der Waals surface area contributed by atoms with E-state index >= 15 is 0 Å². The molecule has 0 saturated heterocycles. The Morgan fingerprint density at radius 2 is 2.11 bits per heavy atom. The molecule has 3 rings (SSSR count). The summed E-state index contributed by atoms with van der Waals surface area (Å²) in [7, 11) is 0. The van der Waals surface area contributed by atoms with Crippen molar-refractivity contribution in [3.05, 3.63) is 53.3 Å². The molecule has 0 aliphatic heterocycles. The van der Waals surface area contributed by atoms with Crippen molar-refractivity contribution in [3.8, 4) is 6.07 Å². The Balaban J connectivity index is 1.95. The molecule has 3 heteroatoms. The summed E-state index contributed by atoms with van der Waals surface area (Å²) in [4.78, 5) is 0. The van der Waals surface area contributed by atoms with Gasteiger partial charge in [0.1, 0.15) is 0 Å². The van der Waals surface area contributed by atoms with E-state index in [1.807, 2.05) is 16.9 Å². The number of aromatic nitrogens is 2. The Morgan fingerprint density at radius 1 is 1.26 bits per heavy atom. The Hall–Kier alpha value is -2.34. The first-order valence-electron chi connectivity index (χ1n) is 6.56.